The van der Waals surface area contributed by atoms with Gasteiger partial charge < -0.3 is 10.9 Å². The van der Waals surface area contributed by atoms with Crippen LogP contribution >= 0.6 is 0 Å². The first-order chi connectivity index (χ1) is 8.63. The molecule has 0 aliphatic rings. The summed E-state index contributed by atoms with van der Waals surface area (Å²) in [6, 6.07) is 10.9. The van der Waals surface area contributed by atoms with Crippen molar-refractivity contribution in [2.75, 3.05) is 6.54 Å². The zero-order valence-electron chi connectivity index (χ0n) is 11.2. The lowest BCUT2D eigenvalue weighted by Crippen LogP contribution is -2.31. The van der Waals surface area contributed by atoms with Crippen molar-refractivity contribution in [1.82, 2.24) is 4.90 Å². The van der Waals surface area contributed by atoms with Gasteiger partial charge in [-0.15, -0.1) is 0 Å². The molecule has 1 aromatic carbocycles. The van der Waals surface area contributed by atoms with E-state index in [1.165, 1.54) is 5.56 Å². The van der Waals surface area contributed by atoms with E-state index in [4.69, 9.17) is 10.9 Å². The highest BCUT2D eigenvalue weighted by molar-refractivity contribution is 5.79. The second-order valence-electron chi connectivity index (χ2n) is 4.74. The van der Waals surface area contributed by atoms with Gasteiger partial charge in [-0.05, 0) is 32.4 Å². The van der Waals surface area contributed by atoms with Crippen LogP contribution in [-0.2, 0) is 6.54 Å². The first-order valence-corrected chi connectivity index (χ1v) is 6.38. The zero-order valence-corrected chi connectivity index (χ0v) is 11.2. The van der Waals surface area contributed by atoms with Crippen LogP contribution in [-0.4, -0.2) is 28.5 Å². The van der Waals surface area contributed by atoms with Crippen LogP contribution in [0.25, 0.3) is 0 Å². The Hall–Kier alpha value is -1.55. The van der Waals surface area contributed by atoms with E-state index in [2.05, 4.69) is 48.2 Å². The molecule has 1 aromatic rings. The van der Waals surface area contributed by atoms with E-state index in [0.29, 0.717) is 18.3 Å². The molecule has 0 saturated carbocycles. The van der Waals surface area contributed by atoms with Crippen molar-refractivity contribution >= 4 is 5.84 Å². The highest BCUT2D eigenvalue weighted by atomic mass is 16.4. The molecule has 0 bridgehead atoms. The Bertz CT molecular complexity index is 363. The molecule has 100 valence electrons. The zero-order chi connectivity index (χ0) is 13.4. The van der Waals surface area contributed by atoms with Crippen LogP contribution in [0.1, 0.15) is 32.3 Å². The summed E-state index contributed by atoms with van der Waals surface area (Å²) >= 11 is 0. The predicted octanol–water partition coefficient (Wildman–Crippen LogP) is 2.42. The fourth-order valence-corrected chi connectivity index (χ4v) is 1.85. The summed E-state index contributed by atoms with van der Waals surface area (Å²) in [7, 11) is 0. The molecule has 0 aromatic heterocycles. The molecule has 0 saturated heterocycles. The fraction of sp³-hybridized carbons (Fsp3) is 0.500. The van der Waals surface area contributed by atoms with Gasteiger partial charge in [0.25, 0.3) is 0 Å². The molecule has 0 spiro atoms. The molecule has 0 aliphatic carbocycles. The summed E-state index contributed by atoms with van der Waals surface area (Å²) in [4.78, 5) is 2.39. The summed E-state index contributed by atoms with van der Waals surface area (Å²) in [6.45, 7) is 6.26. The molecular weight excluding hydrogens is 226 g/mol. The monoisotopic (exact) mass is 249 g/mol. The van der Waals surface area contributed by atoms with Crippen LogP contribution < -0.4 is 5.73 Å². The number of amidine groups is 1. The van der Waals surface area contributed by atoms with Crippen molar-refractivity contribution in [1.29, 1.82) is 0 Å². The maximum Gasteiger partial charge on any atom is 0.139 e. The molecular formula is C14H23N3O. The minimum absolute atomic E-state index is 0.304. The van der Waals surface area contributed by atoms with Crippen molar-refractivity contribution in [3.05, 3.63) is 35.9 Å². The van der Waals surface area contributed by atoms with Crippen molar-refractivity contribution in [3.8, 4) is 0 Å². The van der Waals surface area contributed by atoms with Crippen LogP contribution in [0.4, 0.5) is 0 Å². The third-order valence-corrected chi connectivity index (χ3v) is 2.97. The number of benzene rings is 1. The Morgan fingerprint density at radius 2 is 2.00 bits per heavy atom. The van der Waals surface area contributed by atoms with Crippen molar-refractivity contribution in [3.63, 3.8) is 0 Å². The lowest BCUT2D eigenvalue weighted by molar-refractivity contribution is 0.211. The summed E-state index contributed by atoms with van der Waals surface area (Å²) in [5.41, 5.74) is 6.78. The fourth-order valence-electron chi connectivity index (χ4n) is 1.85. The standard InChI is InChI=1S/C14H23N3O/c1-12(2)17(10-6-9-14(15)16-18)11-13-7-4-3-5-8-13/h3-5,7-8,12,18H,6,9-11H2,1-2H3,(H2,15,16). The van der Waals surface area contributed by atoms with Crippen molar-refractivity contribution in [2.45, 2.75) is 39.3 Å². The molecule has 0 aliphatic heterocycles. The van der Waals surface area contributed by atoms with Gasteiger partial charge in [0.2, 0.25) is 0 Å². The van der Waals surface area contributed by atoms with Gasteiger partial charge in [-0.3, -0.25) is 4.90 Å². The lowest BCUT2D eigenvalue weighted by atomic mass is 10.1. The minimum atomic E-state index is 0.304. The van der Waals surface area contributed by atoms with Crippen molar-refractivity contribution in [2.24, 2.45) is 10.9 Å². The van der Waals surface area contributed by atoms with Crippen LogP contribution in [0.5, 0.6) is 0 Å². The Kier molecular flexibility index (Phi) is 6.22. The Morgan fingerprint density at radius 1 is 1.33 bits per heavy atom. The first kappa shape index (κ1) is 14.5. The molecule has 4 nitrogen and oxygen atoms in total. The van der Waals surface area contributed by atoms with E-state index in [0.717, 1.165) is 19.5 Å². The van der Waals surface area contributed by atoms with E-state index in [1.54, 1.807) is 0 Å². The predicted molar refractivity (Wildman–Crippen MR) is 74.6 cm³/mol. The second-order valence-corrected chi connectivity index (χ2v) is 4.74. The van der Waals surface area contributed by atoms with Crippen LogP contribution in [0.15, 0.2) is 35.5 Å². The summed E-state index contributed by atoms with van der Waals surface area (Å²) < 4.78 is 0. The van der Waals surface area contributed by atoms with Crippen LogP contribution in [0.2, 0.25) is 0 Å². The van der Waals surface area contributed by atoms with Gasteiger partial charge in [-0.2, -0.15) is 0 Å². The highest BCUT2D eigenvalue weighted by Crippen LogP contribution is 2.09. The number of oxime groups is 1. The number of rotatable bonds is 7. The Labute approximate surface area is 109 Å². The molecule has 1 rings (SSSR count). The van der Waals surface area contributed by atoms with Crippen LogP contribution in [0.3, 0.4) is 0 Å². The summed E-state index contributed by atoms with van der Waals surface area (Å²) in [5.74, 6) is 0.304. The van der Waals surface area contributed by atoms with Crippen LogP contribution in [0, 0.1) is 0 Å². The number of hydrogen-bond donors (Lipinski definition) is 2. The van der Waals surface area contributed by atoms with Gasteiger partial charge in [0.05, 0.1) is 0 Å². The quantitative estimate of drug-likeness (QED) is 0.338. The van der Waals surface area contributed by atoms with E-state index < -0.39 is 0 Å². The van der Waals surface area contributed by atoms with E-state index in [9.17, 15) is 0 Å². The summed E-state index contributed by atoms with van der Waals surface area (Å²) in [5, 5.41) is 11.5. The molecule has 0 atom stereocenters. The maximum atomic E-state index is 8.49. The minimum Gasteiger partial charge on any atom is -0.409 e. The Morgan fingerprint density at radius 3 is 2.56 bits per heavy atom. The molecule has 3 N–H and O–H groups in total. The maximum absolute atomic E-state index is 8.49. The van der Waals surface area contributed by atoms with E-state index in [1.807, 2.05) is 6.07 Å². The molecule has 18 heavy (non-hydrogen) atoms. The average Bonchev–Trinajstić information content (AvgIpc) is 2.38. The normalized spacial score (nSPS) is 12.3. The highest BCUT2D eigenvalue weighted by Gasteiger charge is 2.09. The molecule has 0 heterocycles. The van der Waals surface area contributed by atoms with Gasteiger partial charge in [0.15, 0.2) is 0 Å². The van der Waals surface area contributed by atoms with Gasteiger partial charge in [-0.25, -0.2) is 0 Å². The van der Waals surface area contributed by atoms with E-state index in [-0.39, 0.29) is 0 Å². The van der Waals surface area contributed by atoms with Crippen molar-refractivity contribution < 1.29 is 5.21 Å². The molecule has 0 radical (unpaired) electrons. The topological polar surface area (TPSA) is 61.8 Å². The largest absolute Gasteiger partial charge is 0.409 e. The number of nitrogens with two attached hydrogens (primary N) is 1. The summed E-state index contributed by atoms with van der Waals surface area (Å²) in [6.07, 6.45) is 1.54. The van der Waals surface area contributed by atoms with Gasteiger partial charge in [0, 0.05) is 19.0 Å². The Balaban J connectivity index is 2.46. The van der Waals surface area contributed by atoms with Gasteiger partial charge in [-0.1, -0.05) is 35.5 Å². The average molecular weight is 249 g/mol. The van der Waals surface area contributed by atoms with Gasteiger partial charge in [0.1, 0.15) is 5.84 Å². The molecule has 0 fully saturated rings. The first-order valence-electron chi connectivity index (χ1n) is 6.38. The number of nitrogens with zero attached hydrogens (tertiary/aromatic N) is 2. The lowest BCUT2D eigenvalue weighted by Gasteiger charge is -2.26. The molecule has 0 unspecified atom stereocenters. The van der Waals surface area contributed by atoms with Gasteiger partial charge >= 0.3 is 0 Å². The van der Waals surface area contributed by atoms with E-state index >= 15 is 0 Å². The molecule has 4 heteroatoms. The number of hydrogen-bond acceptors (Lipinski definition) is 3. The smallest absolute Gasteiger partial charge is 0.139 e. The molecule has 0 amide bonds. The third kappa shape index (κ3) is 5.19. The second kappa shape index (κ2) is 7.71. The third-order valence-electron chi connectivity index (χ3n) is 2.97. The SMILES string of the molecule is CC(C)N(CCC/C(N)=N/O)Cc1ccccc1.